The number of hydrogen-bond acceptors (Lipinski definition) is 3. The summed E-state index contributed by atoms with van der Waals surface area (Å²) in [6.07, 6.45) is 2.74. The quantitative estimate of drug-likeness (QED) is 0.869. The van der Waals surface area contributed by atoms with Crippen LogP contribution >= 0.6 is 15.9 Å². The number of hydrogen-bond donors (Lipinski definition) is 2. The molecule has 18 heavy (non-hydrogen) atoms. The van der Waals surface area contributed by atoms with Crippen molar-refractivity contribution in [1.29, 1.82) is 0 Å². The Morgan fingerprint density at radius 2 is 1.83 bits per heavy atom. The average molecular weight is 334 g/mol. The van der Waals surface area contributed by atoms with E-state index in [4.69, 9.17) is 5.14 Å². The van der Waals surface area contributed by atoms with Gasteiger partial charge in [-0.25, -0.2) is 13.6 Å². The summed E-state index contributed by atoms with van der Waals surface area (Å²) >= 11 is 3.36. The fraction of sp³-hybridized carbons (Fsp3) is 0.500. The lowest BCUT2D eigenvalue weighted by atomic mass is 9.83. The topological polar surface area (TPSA) is 80.4 Å². The summed E-state index contributed by atoms with van der Waals surface area (Å²) < 4.78 is 24.0. The monoisotopic (exact) mass is 333 g/mol. The van der Waals surface area contributed by atoms with E-state index >= 15 is 0 Å². The lowest BCUT2D eigenvalue weighted by Crippen LogP contribution is -2.20. The Labute approximate surface area is 115 Å². The third-order valence-electron chi connectivity index (χ3n) is 3.41. The molecule has 0 atom stereocenters. The van der Waals surface area contributed by atoms with E-state index in [0.717, 1.165) is 22.9 Å². The minimum absolute atomic E-state index is 0.152. The van der Waals surface area contributed by atoms with E-state index in [-0.39, 0.29) is 16.9 Å². The maximum Gasteiger partial charge on any atom is 0.238 e. The Kier molecular flexibility index (Phi) is 4.11. The largest absolute Gasteiger partial charge is 0.393 e. The van der Waals surface area contributed by atoms with Crippen molar-refractivity contribution in [3.8, 4) is 0 Å². The highest BCUT2D eigenvalue weighted by molar-refractivity contribution is 9.10. The van der Waals surface area contributed by atoms with E-state index in [1.807, 2.05) is 6.07 Å². The van der Waals surface area contributed by atoms with Crippen molar-refractivity contribution in [3.05, 3.63) is 28.2 Å². The van der Waals surface area contributed by atoms with Crippen molar-refractivity contribution in [1.82, 2.24) is 0 Å². The van der Waals surface area contributed by atoms with Gasteiger partial charge in [0.2, 0.25) is 10.0 Å². The smallest absolute Gasteiger partial charge is 0.238 e. The van der Waals surface area contributed by atoms with Crippen molar-refractivity contribution in [2.75, 3.05) is 0 Å². The lowest BCUT2D eigenvalue weighted by Gasteiger charge is -2.27. The minimum atomic E-state index is -3.70. The van der Waals surface area contributed by atoms with Gasteiger partial charge in [0.15, 0.2) is 0 Å². The Balaban J connectivity index is 2.40. The van der Waals surface area contributed by atoms with Gasteiger partial charge in [-0.05, 0) is 55.4 Å². The normalized spacial score (nSPS) is 25.1. The molecule has 3 N–H and O–H groups in total. The molecular formula is C12H16BrNO3S. The molecule has 1 aromatic carbocycles. The van der Waals surface area contributed by atoms with Gasteiger partial charge in [0.25, 0.3) is 0 Å². The van der Waals surface area contributed by atoms with Crippen molar-refractivity contribution in [2.24, 2.45) is 5.14 Å². The van der Waals surface area contributed by atoms with Gasteiger partial charge in [0, 0.05) is 4.47 Å². The van der Waals surface area contributed by atoms with Crippen LogP contribution in [0, 0.1) is 0 Å². The van der Waals surface area contributed by atoms with Crippen molar-refractivity contribution < 1.29 is 13.5 Å². The summed E-state index contributed by atoms with van der Waals surface area (Å²) in [5, 5.41) is 14.8. The first-order valence-corrected chi connectivity index (χ1v) is 8.22. The molecule has 0 radical (unpaired) electrons. The third kappa shape index (κ3) is 3.12. The molecule has 0 unspecified atom stereocenters. The highest BCUT2D eigenvalue weighted by Crippen LogP contribution is 2.37. The van der Waals surface area contributed by atoms with Gasteiger partial charge < -0.3 is 5.11 Å². The third-order valence-corrected chi connectivity index (χ3v) is 4.89. The van der Waals surface area contributed by atoms with E-state index < -0.39 is 10.0 Å². The zero-order valence-corrected chi connectivity index (χ0v) is 12.2. The first-order valence-electron chi connectivity index (χ1n) is 5.88. The minimum Gasteiger partial charge on any atom is -0.393 e. The lowest BCUT2D eigenvalue weighted by molar-refractivity contribution is 0.122. The molecule has 0 saturated heterocycles. The highest BCUT2D eigenvalue weighted by Gasteiger charge is 2.25. The number of halogens is 1. The Morgan fingerprint density at radius 1 is 1.22 bits per heavy atom. The molecule has 1 fully saturated rings. The fourth-order valence-corrected chi connectivity index (χ4v) is 3.67. The van der Waals surface area contributed by atoms with Gasteiger partial charge in [0.1, 0.15) is 0 Å². The number of benzene rings is 1. The van der Waals surface area contributed by atoms with Gasteiger partial charge >= 0.3 is 0 Å². The van der Waals surface area contributed by atoms with Gasteiger partial charge in [-0.1, -0.05) is 15.9 Å². The van der Waals surface area contributed by atoms with Crippen LogP contribution in [0.5, 0.6) is 0 Å². The van der Waals surface area contributed by atoms with Crippen LogP contribution in [-0.2, 0) is 10.0 Å². The van der Waals surface area contributed by atoms with Crippen LogP contribution in [0.3, 0.4) is 0 Å². The molecule has 0 bridgehead atoms. The van der Waals surface area contributed by atoms with Gasteiger partial charge in [-0.2, -0.15) is 0 Å². The van der Waals surface area contributed by atoms with Crippen LogP contribution in [-0.4, -0.2) is 19.6 Å². The van der Waals surface area contributed by atoms with Crippen LogP contribution in [0.1, 0.15) is 37.2 Å². The molecule has 0 aliphatic heterocycles. The first-order chi connectivity index (χ1) is 8.38. The molecule has 2 rings (SSSR count). The number of sulfonamides is 1. The molecule has 1 aliphatic carbocycles. The Morgan fingerprint density at radius 3 is 2.39 bits per heavy atom. The Hall–Kier alpha value is -0.430. The number of aliphatic hydroxyl groups is 1. The second kappa shape index (κ2) is 5.28. The summed E-state index contributed by atoms with van der Waals surface area (Å²) in [6.45, 7) is 0. The molecule has 0 aromatic heterocycles. The van der Waals surface area contributed by atoms with Gasteiger partial charge in [-0.3, -0.25) is 0 Å². The molecule has 1 aliphatic rings. The number of nitrogens with two attached hydrogens (primary N) is 1. The van der Waals surface area contributed by atoms with Crippen LogP contribution in [0.15, 0.2) is 27.6 Å². The van der Waals surface area contributed by atoms with Crippen molar-refractivity contribution in [2.45, 2.75) is 42.6 Å². The highest BCUT2D eigenvalue weighted by atomic mass is 79.9. The second-order valence-corrected chi connectivity index (χ2v) is 7.18. The van der Waals surface area contributed by atoms with Crippen LogP contribution in [0.2, 0.25) is 0 Å². The molecule has 0 amide bonds. The molecule has 1 saturated carbocycles. The first kappa shape index (κ1) is 14.0. The molecular weight excluding hydrogens is 318 g/mol. The van der Waals surface area contributed by atoms with Gasteiger partial charge in [0.05, 0.1) is 11.0 Å². The standard InChI is InChI=1S/C12H16BrNO3S/c13-9-3-6-12(18(14,16)17)11(7-9)8-1-4-10(15)5-2-8/h3,6-8,10,15H,1-2,4-5H2,(H2,14,16,17). The molecule has 4 nitrogen and oxygen atoms in total. The van der Waals surface area contributed by atoms with Crippen molar-refractivity contribution >= 4 is 26.0 Å². The zero-order valence-electron chi connectivity index (χ0n) is 9.84. The molecule has 100 valence electrons. The number of primary sulfonamides is 1. The number of rotatable bonds is 2. The predicted molar refractivity (Wildman–Crippen MR) is 72.7 cm³/mol. The summed E-state index contributed by atoms with van der Waals surface area (Å²) in [6, 6.07) is 5.04. The van der Waals surface area contributed by atoms with Crippen molar-refractivity contribution in [3.63, 3.8) is 0 Å². The van der Waals surface area contributed by atoms with E-state index in [0.29, 0.717) is 12.8 Å². The molecule has 0 spiro atoms. The molecule has 6 heteroatoms. The zero-order chi connectivity index (χ0) is 13.3. The van der Waals surface area contributed by atoms with E-state index in [2.05, 4.69) is 15.9 Å². The van der Waals surface area contributed by atoms with Crippen LogP contribution < -0.4 is 5.14 Å². The number of aliphatic hydroxyl groups excluding tert-OH is 1. The maximum atomic E-state index is 11.6. The molecule has 0 heterocycles. The average Bonchev–Trinajstić information content (AvgIpc) is 2.28. The predicted octanol–water partition coefficient (Wildman–Crippen LogP) is 2.12. The Bertz CT molecular complexity index is 536. The summed E-state index contributed by atoms with van der Waals surface area (Å²) in [4.78, 5) is 0.201. The van der Waals surface area contributed by atoms with Gasteiger partial charge in [-0.15, -0.1) is 0 Å². The maximum absolute atomic E-state index is 11.6. The van der Waals surface area contributed by atoms with E-state index in [1.54, 1.807) is 12.1 Å². The van der Waals surface area contributed by atoms with Crippen LogP contribution in [0.4, 0.5) is 0 Å². The summed E-state index contributed by atoms with van der Waals surface area (Å²) in [7, 11) is -3.70. The summed E-state index contributed by atoms with van der Waals surface area (Å²) in [5.41, 5.74) is 0.763. The SMILES string of the molecule is NS(=O)(=O)c1ccc(Br)cc1C1CCC(O)CC1. The van der Waals surface area contributed by atoms with Crippen LogP contribution in [0.25, 0.3) is 0 Å². The van der Waals surface area contributed by atoms with E-state index in [9.17, 15) is 13.5 Å². The summed E-state index contributed by atoms with van der Waals surface area (Å²) in [5.74, 6) is 0.152. The van der Waals surface area contributed by atoms with E-state index in [1.165, 1.54) is 0 Å². The fourth-order valence-electron chi connectivity index (χ4n) is 2.48. The second-order valence-electron chi connectivity index (χ2n) is 4.73. The molecule has 1 aromatic rings.